The average Bonchev–Trinajstić information content (AvgIpc) is 2.98. The second-order valence-corrected chi connectivity index (χ2v) is 4.17. The van der Waals surface area contributed by atoms with E-state index in [1.54, 1.807) is 14.0 Å². The Morgan fingerprint density at radius 3 is 2.95 bits per heavy atom. The minimum absolute atomic E-state index is 0.0678. The van der Waals surface area contributed by atoms with Gasteiger partial charge >= 0.3 is 5.97 Å². The summed E-state index contributed by atoms with van der Waals surface area (Å²) >= 11 is 1.03. The van der Waals surface area contributed by atoms with Crippen LogP contribution in [-0.4, -0.2) is 43.7 Å². The van der Waals surface area contributed by atoms with E-state index < -0.39 is 11.9 Å². The number of hydrogen-bond donors (Lipinski definition) is 1. The SMILES string of the molecule is CCOC(=O)c1nc(C(=O)Nc2nnn(C)n2)cs1. The van der Waals surface area contributed by atoms with Crippen molar-refractivity contribution >= 4 is 29.2 Å². The molecule has 0 aliphatic rings. The van der Waals surface area contributed by atoms with Crippen LogP contribution in [-0.2, 0) is 11.8 Å². The van der Waals surface area contributed by atoms with Gasteiger partial charge < -0.3 is 4.74 Å². The standard InChI is InChI=1S/C9H10N6O3S/c1-3-18-8(17)7-10-5(4-19-7)6(16)11-9-12-14-15(2)13-9/h4H,3H2,1-2H3,(H,11,13,16). The molecule has 2 heterocycles. The molecule has 0 bridgehead atoms. The minimum atomic E-state index is -0.552. The molecule has 0 saturated carbocycles. The maximum absolute atomic E-state index is 11.8. The molecule has 0 spiro atoms. The van der Waals surface area contributed by atoms with Gasteiger partial charge in [0.25, 0.3) is 11.9 Å². The summed E-state index contributed by atoms with van der Waals surface area (Å²) in [5.41, 5.74) is 0.0977. The van der Waals surface area contributed by atoms with Gasteiger partial charge in [-0.1, -0.05) is 5.10 Å². The number of hydrogen-bond acceptors (Lipinski definition) is 8. The lowest BCUT2D eigenvalue weighted by atomic mass is 10.4. The van der Waals surface area contributed by atoms with Crippen LogP contribution >= 0.6 is 11.3 Å². The van der Waals surface area contributed by atoms with Crippen LogP contribution in [0.2, 0.25) is 0 Å². The van der Waals surface area contributed by atoms with Gasteiger partial charge in [0, 0.05) is 5.38 Å². The van der Waals surface area contributed by atoms with Gasteiger partial charge in [-0.3, -0.25) is 10.1 Å². The molecule has 0 fully saturated rings. The number of tetrazole rings is 1. The highest BCUT2D eigenvalue weighted by Gasteiger charge is 2.17. The van der Waals surface area contributed by atoms with E-state index in [1.807, 2.05) is 0 Å². The molecule has 0 aliphatic heterocycles. The molecule has 1 amide bonds. The summed E-state index contributed by atoms with van der Waals surface area (Å²) in [6.45, 7) is 1.95. The Hall–Kier alpha value is -2.36. The third kappa shape index (κ3) is 3.10. The molecule has 0 radical (unpaired) electrons. The molecule has 1 N–H and O–H groups in total. The van der Waals surface area contributed by atoms with Gasteiger partial charge in [0.05, 0.1) is 13.7 Å². The first-order chi connectivity index (χ1) is 9.10. The van der Waals surface area contributed by atoms with Crippen molar-refractivity contribution in [1.82, 2.24) is 25.2 Å². The lowest BCUT2D eigenvalue weighted by Crippen LogP contribution is -2.14. The monoisotopic (exact) mass is 282 g/mol. The second-order valence-electron chi connectivity index (χ2n) is 3.31. The maximum atomic E-state index is 11.8. The Kier molecular flexibility index (Phi) is 3.80. The van der Waals surface area contributed by atoms with Gasteiger partial charge in [-0.25, -0.2) is 9.78 Å². The molecule has 0 unspecified atom stereocenters. The number of nitrogens with zero attached hydrogens (tertiary/aromatic N) is 5. The van der Waals surface area contributed by atoms with E-state index in [4.69, 9.17) is 4.74 Å². The van der Waals surface area contributed by atoms with Crippen LogP contribution in [0.5, 0.6) is 0 Å². The number of esters is 1. The molecule has 0 saturated heterocycles. The Bertz CT molecular complexity index is 607. The number of thiazole rings is 1. The summed E-state index contributed by atoms with van der Waals surface area (Å²) in [7, 11) is 1.57. The lowest BCUT2D eigenvalue weighted by molar-refractivity contribution is 0.0526. The number of nitrogens with one attached hydrogen (secondary N) is 1. The first-order valence-electron chi connectivity index (χ1n) is 5.28. The summed E-state index contributed by atoms with van der Waals surface area (Å²) in [4.78, 5) is 28.3. The third-order valence-corrected chi connectivity index (χ3v) is 2.74. The zero-order valence-corrected chi connectivity index (χ0v) is 11.0. The fourth-order valence-corrected chi connectivity index (χ4v) is 1.85. The summed E-state index contributed by atoms with van der Waals surface area (Å²) in [5, 5.41) is 15.0. The van der Waals surface area contributed by atoms with Gasteiger partial charge in [0.15, 0.2) is 0 Å². The van der Waals surface area contributed by atoms with Crippen LogP contribution in [0, 0.1) is 0 Å². The highest BCUT2D eigenvalue weighted by atomic mass is 32.1. The number of rotatable bonds is 4. The van der Waals surface area contributed by atoms with Gasteiger partial charge in [-0.2, -0.15) is 4.80 Å². The smallest absolute Gasteiger partial charge is 0.367 e. The van der Waals surface area contributed by atoms with Crippen molar-refractivity contribution in [3.8, 4) is 0 Å². The fraction of sp³-hybridized carbons (Fsp3) is 0.333. The third-order valence-electron chi connectivity index (χ3n) is 1.92. The van der Waals surface area contributed by atoms with E-state index >= 15 is 0 Å². The molecule has 0 atom stereocenters. The second kappa shape index (κ2) is 5.52. The van der Waals surface area contributed by atoms with Crippen LogP contribution in [0.3, 0.4) is 0 Å². The van der Waals surface area contributed by atoms with Crippen molar-refractivity contribution in [3.05, 3.63) is 16.1 Å². The highest BCUT2D eigenvalue weighted by molar-refractivity contribution is 7.11. The first-order valence-corrected chi connectivity index (χ1v) is 6.16. The number of anilines is 1. The minimum Gasteiger partial charge on any atom is -0.461 e. The van der Waals surface area contributed by atoms with E-state index in [9.17, 15) is 9.59 Å². The molecular weight excluding hydrogens is 272 g/mol. The van der Waals surface area contributed by atoms with Gasteiger partial charge in [-0.05, 0) is 12.1 Å². The fourth-order valence-electron chi connectivity index (χ4n) is 1.16. The van der Waals surface area contributed by atoms with Crippen LogP contribution in [0.25, 0.3) is 0 Å². The zero-order valence-electron chi connectivity index (χ0n) is 10.2. The predicted molar refractivity (Wildman–Crippen MR) is 64.8 cm³/mol. The van der Waals surface area contributed by atoms with E-state index in [0.29, 0.717) is 0 Å². The molecule has 100 valence electrons. The average molecular weight is 282 g/mol. The molecule has 10 heteroatoms. The summed E-state index contributed by atoms with van der Waals surface area (Å²) < 4.78 is 4.78. The normalized spacial score (nSPS) is 10.2. The molecule has 2 aromatic heterocycles. The molecular formula is C9H10N6O3S. The van der Waals surface area contributed by atoms with E-state index in [0.717, 1.165) is 11.3 Å². The number of carbonyl (C=O) groups is 2. The van der Waals surface area contributed by atoms with Crippen LogP contribution < -0.4 is 5.32 Å². The molecule has 0 aliphatic carbocycles. The molecule has 2 rings (SSSR count). The predicted octanol–water partition coefficient (Wildman–Crippen LogP) is 0.0956. The van der Waals surface area contributed by atoms with Gasteiger partial charge in [-0.15, -0.1) is 16.4 Å². The first kappa shape index (κ1) is 13.1. The van der Waals surface area contributed by atoms with Crippen LogP contribution in [0.15, 0.2) is 5.38 Å². The summed E-state index contributed by atoms with van der Waals surface area (Å²) in [6, 6.07) is 0. The van der Waals surface area contributed by atoms with Crippen LogP contribution in [0.4, 0.5) is 5.95 Å². The topological polar surface area (TPSA) is 112 Å². The summed E-state index contributed by atoms with van der Waals surface area (Å²) in [6.07, 6.45) is 0. The number of ether oxygens (including phenoxy) is 1. The molecule has 2 aromatic rings. The van der Waals surface area contributed by atoms with E-state index in [-0.39, 0.29) is 23.3 Å². The van der Waals surface area contributed by atoms with E-state index in [2.05, 4.69) is 25.7 Å². The van der Waals surface area contributed by atoms with Gasteiger partial charge in [0.2, 0.25) is 5.01 Å². The van der Waals surface area contributed by atoms with Crippen molar-refractivity contribution < 1.29 is 14.3 Å². The lowest BCUT2D eigenvalue weighted by Gasteiger charge is -1.96. The molecule has 0 aromatic carbocycles. The number of carbonyl (C=O) groups excluding carboxylic acids is 2. The maximum Gasteiger partial charge on any atom is 0.367 e. The zero-order chi connectivity index (χ0) is 13.8. The Balaban J connectivity index is 2.06. The quantitative estimate of drug-likeness (QED) is 0.791. The Morgan fingerprint density at radius 1 is 1.53 bits per heavy atom. The van der Waals surface area contributed by atoms with Crippen molar-refractivity contribution in [2.75, 3.05) is 11.9 Å². The Labute approximate surface area is 111 Å². The van der Waals surface area contributed by atoms with E-state index in [1.165, 1.54) is 10.2 Å². The van der Waals surface area contributed by atoms with Gasteiger partial charge in [0.1, 0.15) is 5.69 Å². The number of aryl methyl sites for hydroxylation is 1. The van der Waals surface area contributed by atoms with Crippen molar-refractivity contribution in [2.45, 2.75) is 6.92 Å². The van der Waals surface area contributed by atoms with Crippen molar-refractivity contribution in [3.63, 3.8) is 0 Å². The number of amides is 1. The Morgan fingerprint density at radius 2 is 2.32 bits per heavy atom. The summed E-state index contributed by atoms with van der Waals surface area (Å²) in [5.74, 6) is -0.998. The van der Waals surface area contributed by atoms with Crippen molar-refractivity contribution in [1.29, 1.82) is 0 Å². The molecule has 19 heavy (non-hydrogen) atoms. The number of aromatic nitrogens is 5. The highest BCUT2D eigenvalue weighted by Crippen LogP contribution is 2.12. The molecule has 9 nitrogen and oxygen atoms in total. The van der Waals surface area contributed by atoms with Crippen molar-refractivity contribution in [2.24, 2.45) is 7.05 Å². The largest absolute Gasteiger partial charge is 0.461 e. The van der Waals surface area contributed by atoms with Crippen LogP contribution in [0.1, 0.15) is 27.2 Å².